The fourth-order valence-electron chi connectivity index (χ4n) is 1.20. The average molecular weight is 222 g/mol. The normalized spacial score (nSPS) is 10.3. The summed E-state index contributed by atoms with van der Waals surface area (Å²) in [5, 5.41) is 8.93. The van der Waals surface area contributed by atoms with E-state index in [9.17, 15) is 0 Å². The van der Waals surface area contributed by atoms with Crippen LogP contribution in [0.5, 0.6) is 5.88 Å². The molecule has 2 rings (SSSR count). The van der Waals surface area contributed by atoms with Gasteiger partial charge in [-0.15, -0.1) is 0 Å². The molecule has 0 aliphatic rings. The van der Waals surface area contributed by atoms with Gasteiger partial charge in [0.05, 0.1) is 24.3 Å². The molecular formula is C10H10N2O2S. The summed E-state index contributed by atoms with van der Waals surface area (Å²) >= 11 is 1.30. The minimum atomic E-state index is 0.0277. The zero-order valence-corrected chi connectivity index (χ0v) is 8.99. The molecule has 0 fully saturated rings. The summed E-state index contributed by atoms with van der Waals surface area (Å²) in [6, 6.07) is 5.54. The molecule has 0 bridgehead atoms. The summed E-state index contributed by atoms with van der Waals surface area (Å²) in [6.07, 6.45) is 1.67. The first-order valence-corrected chi connectivity index (χ1v) is 5.17. The molecule has 0 amide bonds. The number of pyridine rings is 1. The van der Waals surface area contributed by atoms with Crippen molar-refractivity contribution < 1.29 is 9.84 Å². The number of aliphatic hydroxyl groups is 1. The van der Waals surface area contributed by atoms with Crippen molar-refractivity contribution in [3.8, 4) is 17.1 Å². The summed E-state index contributed by atoms with van der Waals surface area (Å²) < 4.78 is 9.26. The number of hydrogen-bond donors (Lipinski definition) is 1. The van der Waals surface area contributed by atoms with Gasteiger partial charge < -0.3 is 9.84 Å². The van der Waals surface area contributed by atoms with Gasteiger partial charge in [0, 0.05) is 17.8 Å². The van der Waals surface area contributed by atoms with Crippen molar-refractivity contribution in [2.75, 3.05) is 7.11 Å². The maximum atomic E-state index is 8.93. The third kappa shape index (κ3) is 2.14. The molecule has 78 valence electrons. The zero-order chi connectivity index (χ0) is 10.7. The molecule has 15 heavy (non-hydrogen) atoms. The number of aliphatic hydroxyl groups excluding tert-OH is 1. The lowest BCUT2D eigenvalue weighted by atomic mass is 10.2. The van der Waals surface area contributed by atoms with E-state index in [1.807, 2.05) is 18.2 Å². The second kappa shape index (κ2) is 4.37. The number of nitrogens with zero attached hydrogens (tertiary/aromatic N) is 2. The Morgan fingerprint density at radius 2 is 2.33 bits per heavy atom. The van der Waals surface area contributed by atoms with Crippen LogP contribution in [0.2, 0.25) is 0 Å². The van der Waals surface area contributed by atoms with Gasteiger partial charge in [-0.2, -0.15) is 4.37 Å². The van der Waals surface area contributed by atoms with Gasteiger partial charge >= 0.3 is 0 Å². The highest BCUT2D eigenvalue weighted by Crippen LogP contribution is 2.23. The molecular weight excluding hydrogens is 212 g/mol. The van der Waals surface area contributed by atoms with Crippen molar-refractivity contribution in [3.05, 3.63) is 29.3 Å². The Morgan fingerprint density at radius 3 is 3.00 bits per heavy atom. The van der Waals surface area contributed by atoms with Gasteiger partial charge in [-0.3, -0.25) is 0 Å². The topological polar surface area (TPSA) is 55.2 Å². The largest absolute Gasteiger partial charge is 0.481 e. The van der Waals surface area contributed by atoms with Crippen molar-refractivity contribution in [1.82, 2.24) is 9.36 Å². The minimum absolute atomic E-state index is 0.0277. The van der Waals surface area contributed by atoms with Crippen LogP contribution in [0.3, 0.4) is 0 Å². The lowest BCUT2D eigenvalue weighted by molar-refractivity contribution is 0.285. The van der Waals surface area contributed by atoms with Crippen molar-refractivity contribution in [1.29, 1.82) is 0 Å². The third-order valence-electron chi connectivity index (χ3n) is 1.95. The predicted octanol–water partition coefficient (Wildman–Crippen LogP) is 1.71. The van der Waals surface area contributed by atoms with Crippen LogP contribution in [0.25, 0.3) is 11.3 Å². The van der Waals surface area contributed by atoms with Gasteiger partial charge in [-0.1, -0.05) is 0 Å². The average Bonchev–Trinajstić information content (AvgIpc) is 2.78. The van der Waals surface area contributed by atoms with Gasteiger partial charge in [0.2, 0.25) is 5.88 Å². The predicted molar refractivity (Wildman–Crippen MR) is 57.8 cm³/mol. The van der Waals surface area contributed by atoms with E-state index in [0.29, 0.717) is 5.88 Å². The highest BCUT2D eigenvalue weighted by molar-refractivity contribution is 7.06. The monoisotopic (exact) mass is 222 g/mol. The van der Waals surface area contributed by atoms with Gasteiger partial charge in [-0.25, -0.2) is 4.98 Å². The van der Waals surface area contributed by atoms with E-state index in [-0.39, 0.29) is 6.61 Å². The molecule has 0 saturated carbocycles. The molecule has 2 aromatic heterocycles. The van der Waals surface area contributed by atoms with Crippen molar-refractivity contribution in [3.63, 3.8) is 0 Å². The molecule has 0 saturated heterocycles. The minimum Gasteiger partial charge on any atom is -0.481 e. The Hall–Kier alpha value is -1.46. The Balaban J connectivity index is 2.35. The molecule has 4 nitrogen and oxygen atoms in total. The Kier molecular flexibility index (Phi) is 2.94. The highest BCUT2D eigenvalue weighted by atomic mass is 32.1. The Morgan fingerprint density at radius 1 is 1.47 bits per heavy atom. The summed E-state index contributed by atoms with van der Waals surface area (Å²) in [4.78, 5) is 4.86. The van der Waals surface area contributed by atoms with Crippen LogP contribution in [-0.2, 0) is 6.61 Å². The van der Waals surface area contributed by atoms with E-state index < -0.39 is 0 Å². The Bertz CT molecular complexity index is 456. The first-order valence-electron chi connectivity index (χ1n) is 4.40. The molecule has 0 aliphatic heterocycles. The third-order valence-corrected chi connectivity index (χ3v) is 2.72. The van der Waals surface area contributed by atoms with Crippen molar-refractivity contribution >= 4 is 11.5 Å². The summed E-state index contributed by atoms with van der Waals surface area (Å²) in [5.41, 5.74) is 1.78. The van der Waals surface area contributed by atoms with Gasteiger partial charge in [0.1, 0.15) is 0 Å². The van der Waals surface area contributed by atoms with Gasteiger partial charge in [-0.05, 0) is 23.7 Å². The second-order valence-corrected chi connectivity index (χ2v) is 3.81. The quantitative estimate of drug-likeness (QED) is 0.858. The highest BCUT2D eigenvalue weighted by Gasteiger charge is 2.05. The van der Waals surface area contributed by atoms with Crippen molar-refractivity contribution in [2.45, 2.75) is 6.61 Å². The van der Waals surface area contributed by atoms with Crippen LogP contribution in [0.4, 0.5) is 0 Å². The second-order valence-electron chi connectivity index (χ2n) is 2.92. The number of rotatable bonds is 3. The molecule has 0 radical (unpaired) electrons. The maximum Gasteiger partial charge on any atom is 0.213 e. The van der Waals surface area contributed by atoms with Crippen LogP contribution in [-0.4, -0.2) is 21.6 Å². The van der Waals surface area contributed by atoms with Crippen LogP contribution < -0.4 is 4.74 Å². The van der Waals surface area contributed by atoms with E-state index in [2.05, 4.69) is 9.36 Å². The summed E-state index contributed by atoms with van der Waals surface area (Å²) in [5.74, 6) is 0.561. The number of methoxy groups -OCH3 is 1. The first kappa shape index (κ1) is 10.1. The van der Waals surface area contributed by atoms with Crippen LogP contribution >= 0.6 is 11.5 Å². The fourth-order valence-corrected chi connectivity index (χ4v) is 1.80. The molecule has 2 heterocycles. The summed E-state index contributed by atoms with van der Waals surface area (Å²) in [7, 11) is 1.58. The van der Waals surface area contributed by atoms with Crippen LogP contribution in [0.1, 0.15) is 4.88 Å². The maximum absolute atomic E-state index is 8.93. The van der Waals surface area contributed by atoms with Crippen LogP contribution in [0.15, 0.2) is 24.4 Å². The molecule has 2 aromatic rings. The van der Waals surface area contributed by atoms with E-state index in [0.717, 1.165) is 16.1 Å². The molecule has 0 atom stereocenters. The number of ether oxygens (including phenoxy) is 1. The molecule has 5 heteroatoms. The van der Waals surface area contributed by atoms with E-state index >= 15 is 0 Å². The van der Waals surface area contributed by atoms with Crippen LogP contribution in [0, 0.1) is 0 Å². The van der Waals surface area contributed by atoms with Crippen molar-refractivity contribution in [2.24, 2.45) is 0 Å². The Labute approximate surface area is 91.3 Å². The van der Waals surface area contributed by atoms with E-state index in [1.54, 1.807) is 13.3 Å². The van der Waals surface area contributed by atoms with E-state index in [4.69, 9.17) is 9.84 Å². The molecule has 0 aromatic carbocycles. The molecule has 0 aliphatic carbocycles. The lowest BCUT2D eigenvalue weighted by Gasteiger charge is -1.99. The number of aromatic nitrogens is 2. The first-order chi connectivity index (χ1) is 7.33. The SMILES string of the molecule is COc1cc(-c2cc(CO)sn2)ccn1. The van der Waals surface area contributed by atoms with E-state index in [1.165, 1.54) is 11.5 Å². The molecule has 0 spiro atoms. The lowest BCUT2D eigenvalue weighted by Crippen LogP contribution is -1.87. The summed E-state index contributed by atoms with van der Waals surface area (Å²) in [6.45, 7) is 0.0277. The fraction of sp³-hybridized carbons (Fsp3) is 0.200. The molecule has 0 unspecified atom stereocenters. The zero-order valence-electron chi connectivity index (χ0n) is 8.17. The standard InChI is InChI=1S/C10H10N2O2S/c1-14-10-4-7(2-3-11-10)9-5-8(6-13)15-12-9/h2-5,13H,6H2,1H3. The number of hydrogen-bond acceptors (Lipinski definition) is 5. The smallest absolute Gasteiger partial charge is 0.213 e. The molecule has 1 N–H and O–H groups in total. The van der Waals surface area contributed by atoms with Gasteiger partial charge in [0.25, 0.3) is 0 Å². The van der Waals surface area contributed by atoms with Gasteiger partial charge in [0.15, 0.2) is 0 Å².